The Hall–Kier alpha value is -1.75. The van der Waals surface area contributed by atoms with Gasteiger partial charge in [-0.2, -0.15) is 0 Å². The van der Waals surface area contributed by atoms with E-state index in [4.69, 9.17) is 14.5 Å². The van der Waals surface area contributed by atoms with E-state index >= 15 is 0 Å². The smallest absolute Gasteiger partial charge is 0.231 e. The van der Waals surface area contributed by atoms with Crippen molar-refractivity contribution in [2.45, 2.75) is 32.7 Å². The highest BCUT2D eigenvalue weighted by Crippen LogP contribution is 2.32. The second kappa shape index (κ2) is 10.9. The second-order valence-corrected chi connectivity index (χ2v) is 7.71. The van der Waals surface area contributed by atoms with Crippen molar-refractivity contribution in [1.82, 2.24) is 15.6 Å². The predicted molar refractivity (Wildman–Crippen MR) is 128 cm³/mol. The number of rotatable bonds is 7. The molecule has 0 saturated carbocycles. The molecule has 0 radical (unpaired) electrons. The van der Waals surface area contributed by atoms with Crippen molar-refractivity contribution in [2.24, 2.45) is 4.99 Å². The van der Waals surface area contributed by atoms with Gasteiger partial charge in [0, 0.05) is 38.0 Å². The van der Waals surface area contributed by atoms with Crippen LogP contribution in [0.4, 0.5) is 5.13 Å². The average molecular weight is 529 g/mol. The molecule has 2 aliphatic rings. The number of guanidine groups is 1. The van der Waals surface area contributed by atoms with E-state index in [0.717, 1.165) is 66.4 Å². The van der Waals surface area contributed by atoms with Crippen LogP contribution < -0.4 is 25.0 Å². The highest BCUT2D eigenvalue weighted by atomic mass is 127. The lowest BCUT2D eigenvalue weighted by molar-refractivity contribution is 0.174. The Labute approximate surface area is 192 Å². The molecule has 7 nitrogen and oxygen atoms in total. The van der Waals surface area contributed by atoms with Crippen LogP contribution in [0, 0.1) is 0 Å². The molecular formula is C20H28IN5O2S. The third-order valence-corrected chi connectivity index (χ3v) is 5.74. The Morgan fingerprint density at radius 3 is 2.86 bits per heavy atom. The van der Waals surface area contributed by atoms with Gasteiger partial charge >= 0.3 is 0 Å². The number of hydrogen-bond donors (Lipinski definition) is 2. The Kier molecular flexibility index (Phi) is 8.22. The maximum Gasteiger partial charge on any atom is 0.231 e. The molecule has 1 aromatic heterocycles. The zero-order valence-electron chi connectivity index (χ0n) is 16.6. The van der Waals surface area contributed by atoms with Gasteiger partial charge in [-0.15, -0.1) is 35.3 Å². The summed E-state index contributed by atoms with van der Waals surface area (Å²) >= 11 is 1.75. The van der Waals surface area contributed by atoms with Crippen LogP contribution in [0.1, 0.15) is 31.0 Å². The molecule has 2 aliphatic heterocycles. The average Bonchev–Trinajstić information content (AvgIpc) is 3.46. The quantitative estimate of drug-likeness (QED) is 0.326. The van der Waals surface area contributed by atoms with E-state index in [2.05, 4.69) is 32.8 Å². The van der Waals surface area contributed by atoms with E-state index in [-0.39, 0.29) is 24.0 Å². The first-order valence-corrected chi connectivity index (χ1v) is 10.8. The van der Waals surface area contributed by atoms with Crippen molar-refractivity contribution >= 4 is 46.4 Å². The fraction of sp³-hybridized carbons (Fsp3) is 0.500. The largest absolute Gasteiger partial charge is 0.454 e. The van der Waals surface area contributed by atoms with Gasteiger partial charge < -0.3 is 25.0 Å². The molecule has 0 spiro atoms. The van der Waals surface area contributed by atoms with E-state index < -0.39 is 0 Å². The normalized spacial score (nSPS) is 15.3. The molecule has 0 amide bonds. The molecule has 1 aromatic carbocycles. The van der Waals surface area contributed by atoms with Gasteiger partial charge in [-0.05, 0) is 37.5 Å². The summed E-state index contributed by atoms with van der Waals surface area (Å²) in [6.45, 7) is 6.86. The van der Waals surface area contributed by atoms with Crippen molar-refractivity contribution in [3.8, 4) is 11.5 Å². The minimum Gasteiger partial charge on any atom is -0.454 e. The number of thiazole rings is 1. The first-order valence-electron chi connectivity index (χ1n) is 9.92. The number of benzene rings is 1. The Balaban J connectivity index is 0.00000240. The topological polar surface area (TPSA) is 71.0 Å². The van der Waals surface area contributed by atoms with Crippen molar-refractivity contribution in [3.05, 3.63) is 34.8 Å². The number of nitrogens with zero attached hydrogens (tertiary/aromatic N) is 3. The maximum atomic E-state index is 5.43. The molecule has 3 heterocycles. The maximum absolute atomic E-state index is 5.43. The standard InChI is InChI=1S/C20H27N5O2S.HI/c1-2-21-19(23-12-15-5-6-17-18(11-15)27-14-26-17)22-8-7-16-13-28-20(24-16)25-9-3-4-10-25;/h5-6,11,13H,2-4,7-10,12,14H2,1H3,(H2,21,22,23);1H. The number of ether oxygens (including phenoxy) is 2. The summed E-state index contributed by atoms with van der Waals surface area (Å²) in [5, 5.41) is 10.0. The van der Waals surface area contributed by atoms with Gasteiger partial charge in [0.05, 0.1) is 12.2 Å². The van der Waals surface area contributed by atoms with Crippen LogP contribution in [0.5, 0.6) is 11.5 Å². The van der Waals surface area contributed by atoms with Gasteiger partial charge in [-0.1, -0.05) is 6.07 Å². The Morgan fingerprint density at radius 1 is 1.21 bits per heavy atom. The number of aromatic nitrogens is 1. The van der Waals surface area contributed by atoms with Gasteiger partial charge in [0.15, 0.2) is 22.6 Å². The van der Waals surface area contributed by atoms with Crippen LogP contribution in [0.25, 0.3) is 0 Å². The molecule has 9 heteroatoms. The summed E-state index contributed by atoms with van der Waals surface area (Å²) in [5.41, 5.74) is 2.24. The highest BCUT2D eigenvalue weighted by molar-refractivity contribution is 14.0. The molecule has 4 rings (SSSR count). The van der Waals surface area contributed by atoms with Crippen LogP contribution in [-0.4, -0.2) is 43.9 Å². The van der Waals surface area contributed by atoms with E-state index in [1.54, 1.807) is 11.3 Å². The highest BCUT2D eigenvalue weighted by Gasteiger charge is 2.15. The molecule has 0 unspecified atom stereocenters. The Morgan fingerprint density at radius 2 is 2.03 bits per heavy atom. The first-order chi connectivity index (χ1) is 13.8. The zero-order valence-corrected chi connectivity index (χ0v) is 19.8. The number of nitrogens with one attached hydrogen (secondary N) is 2. The lowest BCUT2D eigenvalue weighted by Gasteiger charge is -2.12. The number of aliphatic imine (C=N–C) groups is 1. The van der Waals surface area contributed by atoms with E-state index in [1.807, 2.05) is 18.2 Å². The molecule has 2 aromatic rings. The van der Waals surface area contributed by atoms with Crippen molar-refractivity contribution in [2.75, 3.05) is 37.9 Å². The van der Waals surface area contributed by atoms with Crippen molar-refractivity contribution in [3.63, 3.8) is 0 Å². The second-order valence-electron chi connectivity index (χ2n) is 6.88. The monoisotopic (exact) mass is 529 g/mol. The fourth-order valence-corrected chi connectivity index (χ4v) is 4.24. The number of fused-ring (bicyclic) bond motifs is 1. The molecular weight excluding hydrogens is 501 g/mol. The van der Waals surface area contributed by atoms with E-state index in [1.165, 1.54) is 12.8 Å². The summed E-state index contributed by atoms with van der Waals surface area (Å²) < 4.78 is 10.8. The summed E-state index contributed by atoms with van der Waals surface area (Å²) in [5.74, 6) is 2.41. The number of halogens is 1. The van der Waals surface area contributed by atoms with E-state index in [0.29, 0.717) is 13.3 Å². The molecule has 29 heavy (non-hydrogen) atoms. The van der Waals surface area contributed by atoms with Crippen LogP contribution in [0.2, 0.25) is 0 Å². The summed E-state index contributed by atoms with van der Waals surface area (Å²) in [4.78, 5) is 11.8. The molecule has 0 atom stereocenters. The third-order valence-electron chi connectivity index (χ3n) is 4.79. The predicted octanol–water partition coefficient (Wildman–Crippen LogP) is 3.39. The molecule has 0 aliphatic carbocycles. The minimum absolute atomic E-state index is 0. The van der Waals surface area contributed by atoms with Gasteiger partial charge in [0.25, 0.3) is 0 Å². The lowest BCUT2D eigenvalue weighted by atomic mass is 10.2. The van der Waals surface area contributed by atoms with Crippen LogP contribution in [0.3, 0.4) is 0 Å². The molecule has 1 saturated heterocycles. The van der Waals surface area contributed by atoms with Crippen molar-refractivity contribution < 1.29 is 9.47 Å². The Bertz CT molecular complexity index is 823. The number of anilines is 1. The van der Waals surface area contributed by atoms with Crippen LogP contribution in [0.15, 0.2) is 28.6 Å². The molecule has 0 bridgehead atoms. The minimum atomic E-state index is 0. The third kappa shape index (κ3) is 5.88. The number of hydrogen-bond acceptors (Lipinski definition) is 6. The zero-order chi connectivity index (χ0) is 19.2. The lowest BCUT2D eigenvalue weighted by Crippen LogP contribution is -2.38. The summed E-state index contributed by atoms with van der Waals surface area (Å²) in [6.07, 6.45) is 3.45. The van der Waals surface area contributed by atoms with Gasteiger partial charge in [0.1, 0.15) is 0 Å². The SMILES string of the molecule is CCNC(=NCc1ccc2c(c1)OCO2)NCCc1csc(N2CCCC2)n1.I. The van der Waals surface area contributed by atoms with Crippen LogP contribution >= 0.6 is 35.3 Å². The van der Waals surface area contributed by atoms with E-state index in [9.17, 15) is 0 Å². The molecule has 158 valence electrons. The summed E-state index contributed by atoms with van der Waals surface area (Å²) in [6, 6.07) is 5.95. The van der Waals surface area contributed by atoms with Gasteiger partial charge in [0.2, 0.25) is 6.79 Å². The molecule has 1 fully saturated rings. The fourth-order valence-electron chi connectivity index (χ4n) is 3.33. The van der Waals surface area contributed by atoms with Gasteiger partial charge in [-0.3, -0.25) is 0 Å². The van der Waals surface area contributed by atoms with Crippen molar-refractivity contribution in [1.29, 1.82) is 0 Å². The summed E-state index contributed by atoms with van der Waals surface area (Å²) in [7, 11) is 0. The molecule has 2 N–H and O–H groups in total. The first kappa shape index (κ1) is 21.9. The van der Waals surface area contributed by atoms with Crippen LogP contribution in [-0.2, 0) is 13.0 Å². The van der Waals surface area contributed by atoms with Gasteiger partial charge in [-0.25, -0.2) is 9.98 Å².